The molecule has 0 fully saturated rings. The van der Waals surface area contributed by atoms with Gasteiger partial charge in [0.05, 0.1) is 23.4 Å². The van der Waals surface area contributed by atoms with E-state index >= 15 is 0 Å². The summed E-state index contributed by atoms with van der Waals surface area (Å²) in [4.78, 5) is 0. The number of rotatable bonds is 1. The lowest BCUT2D eigenvalue weighted by atomic mass is 11.0. The molecule has 0 N–H and O–H groups in total. The second kappa shape index (κ2) is 2.23. The minimum Gasteiger partial charge on any atom is -0.150 e. The molecule has 38 valence electrons. The van der Waals surface area contributed by atoms with E-state index in [9.17, 15) is 0 Å². The molecule has 0 unspecified atom stereocenters. The van der Waals surface area contributed by atoms with Crippen molar-refractivity contribution < 1.29 is 0 Å². The molecule has 0 bridgehead atoms. The Hall–Kier alpha value is -0.160. The molecule has 0 atom stereocenters. The van der Waals surface area contributed by atoms with E-state index in [0.717, 1.165) is 11.0 Å². The molecule has 0 saturated carbocycles. The molecule has 5 heteroatoms. The predicted octanol–water partition coefficient (Wildman–Crippen LogP) is 0.619. The van der Waals surface area contributed by atoms with Crippen LogP contribution in [-0.4, -0.2) is 14.4 Å². The highest BCUT2D eigenvalue weighted by Crippen LogP contribution is 2.02. The van der Waals surface area contributed by atoms with Gasteiger partial charge in [0.1, 0.15) is 0 Å². The van der Waals surface area contributed by atoms with Crippen LogP contribution in [0, 0.1) is 0 Å². The fourth-order valence-electron chi connectivity index (χ4n) is 0.246. The Balaban J connectivity index is 2.76. The van der Waals surface area contributed by atoms with Crippen LogP contribution in [0.3, 0.4) is 0 Å². The maximum Gasteiger partial charge on any atom is 0.0704 e. The second-order valence-electron chi connectivity index (χ2n) is 0.863. The van der Waals surface area contributed by atoms with Gasteiger partial charge >= 0.3 is 0 Å². The van der Waals surface area contributed by atoms with Crippen LogP contribution < -0.4 is 0 Å². The topological polar surface area (TPSA) is 30.7 Å². The summed E-state index contributed by atoms with van der Waals surface area (Å²) in [5.41, 5.74) is 0. The van der Waals surface area contributed by atoms with Crippen molar-refractivity contribution in [1.29, 1.82) is 0 Å². The molecular formula is C2H3N3S2. The molecule has 0 radical (unpaired) electrons. The average Bonchev–Trinajstić information content (AvgIpc) is 2.14. The van der Waals surface area contributed by atoms with Gasteiger partial charge in [0.2, 0.25) is 0 Å². The normalized spacial score (nSPS) is 9.29. The highest BCUT2D eigenvalue weighted by molar-refractivity contribution is 8.67. The molecule has 0 aliphatic heterocycles. The summed E-state index contributed by atoms with van der Waals surface area (Å²) in [5, 5.41) is 7.45. The van der Waals surface area contributed by atoms with E-state index in [0.29, 0.717) is 0 Å². The summed E-state index contributed by atoms with van der Waals surface area (Å²) >= 11 is 3.83. The van der Waals surface area contributed by atoms with Crippen molar-refractivity contribution in [3.63, 3.8) is 0 Å². The van der Waals surface area contributed by atoms with Gasteiger partial charge in [-0.05, 0) is 0 Å². The Morgan fingerprint density at radius 3 is 2.29 bits per heavy atom. The van der Waals surface area contributed by atoms with Crippen molar-refractivity contribution in [2.24, 2.45) is 0 Å². The molecule has 0 aliphatic carbocycles. The van der Waals surface area contributed by atoms with Gasteiger partial charge in [-0.1, -0.05) is 11.7 Å². The van der Waals surface area contributed by atoms with Gasteiger partial charge in [0, 0.05) is 0 Å². The minimum atomic E-state index is 1.16. The summed E-state index contributed by atoms with van der Waals surface area (Å²) in [6.07, 6.45) is 3.20. The molecule has 1 rings (SSSR count). The van der Waals surface area contributed by atoms with E-state index in [1.54, 1.807) is 12.4 Å². The SMILES string of the molecule is SSn1nccn1. The van der Waals surface area contributed by atoms with E-state index in [-0.39, 0.29) is 0 Å². The van der Waals surface area contributed by atoms with Crippen molar-refractivity contribution in [3.8, 4) is 0 Å². The molecule has 0 aliphatic rings. The number of aromatic nitrogens is 3. The predicted molar refractivity (Wildman–Crippen MR) is 32.0 cm³/mol. The Labute approximate surface area is 50.0 Å². The molecule has 0 spiro atoms. The molecule has 1 aromatic rings. The quantitative estimate of drug-likeness (QED) is 0.450. The molecule has 1 aromatic heterocycles. The first-order valence-corrected chi connectivity index (χ1v) is 3.44. The van der Waals surface area contributed by atoms with Gasteiger partial charge in [0.25, 0.3) is 0 Å². The van der Waals surface area contributed by atoms with E-state index in [4.69, 9.17) is 0 Å². The Morgan fingerprint density at radius 1 is 1.43 bits per heavy atom. The van der Waals surface area contributed by atoms with E-state index in [2.05, 4.69) is 21.9 Å². The van der Waals surface area contributed by atoms with Crippen LogP contribution in [0.25, 0.3) is 0 Å². The highest BCUT2D eigenvalue weighted by Gasteiger charge is 1.81. The lowest BCUT2D eigenvalue weighted by Gasteiger charge is -1.82. The Kier molecular flexibility index (Phi) is 1.59. The zero-order valence-electron chi connectivity index (χ0n) is 3.35. The minimum absolute atomic E-state index is 1.16. The fraction of sp³-hybridized carbons (Fsp3) is 0. The van der Waals surface area contributed by atoms with Gasteiger partial charge in [0.15, 0.2) is 0 Å². The third-order valence-electron chi connectivity index (χ3n) is 0.471. The van der Waals surface area contributed by atoms with Gasteiger partial charge < -0.3 is 0 Å². The first kappa shape index (κ1) is 4.99. The van der Waals surface area contributed by atoms with Crippen LogP contribution >= 0.6 is 22.6 Å². The van der Waals surface area contributed by atoms with Crippen molar-refractivity contribution in [1.82, 2.24) is 14.4 Å². The highest BCUT2D eigenvalue weighted by atomic mass is 33.1. The largest absolute Gasteiger partial charge is 0.150 e. The summed E-state index contributed by atoms with van der Waals surface area (Å²) in [5.74, 6) is 0. The number of nitrogens with zero attached hydrogens (tertiary/aromatic N) is 3. The first-order chi connectivity index (χ1) is 3.43. The standard InChI is InChI=1S/C2H3N3S2/c6-7-5-3-1-2-4-5/h1-2,6H. The van der Waals surface area contributed by atoms with Crippen molar-refractivity contribution in [2.75, 3.05) is 0 Å². The van der Waals surface area contributed by atoms with Crippen LogP contribution in [0.4, 0.5) is 0 Å². The van der Waals surface area contributed by atoms with Crippen molar-refractivity contribution in [2.45, 2.75) is 0 Å². The molecule has 7 heavy (non-hydrogen) atoms. The smallest absolute Gasteiger partial charge is 0.0704 e. The maximum atomic E-state index is 3.83. The zero-order chi connectivity index (χ0) is 5.11. The maximum absolute atomic E-state index is 3.83. The van der Waals surface area contributed by atoms with Gasteiger partial charge in [-0.2, -0.15) is 0 Å². The van der Waals surface area contributed by atoms with Gasteiger partial charge in [-0.25, -0.2) is 0 Å². The van der Waals surface area contributed by atoms with Crippen molar-refractivity contribution >= 4 is 22.6 Å². The lowest BCUT2D eigenvalue weighted by molar-refractivity contribution is 0.871. The third kappa shape index (κ3) is 1.10. The summed E-state index contributed by atoms with van der Waals surface area (Å²) < 4.78 is 1.41. The van der Waals surface area contributed by atoms with E-state index in [1.807, 2.05) is 0 Å². The molecule has 3 nitrogen and oxygen atoms in total. The fourth-order valence-corrected chi connectivity index (χ4v) is 0.692. The lowest BCUT2D eigenvalue weighted by Crippen LogP contribution is -1.84. The van der Waals surface area contributed by atoms with Crippen LogP contribution in [0.2, 0.25) is 0 Å². The Bertz CT molecular complexity index is 125. The van der Waals surface area contributed by atoms with Crippen LogP contribution in [0.15, 0.2) is 12.4 Å². The van der Waals surface area contributed by atoms with Crippen molar-refractivity contribution in [3.05, 3.63) is 12.4 Å². The number of hydrogen-bond acceptors (Lipinski definition) is 4. The number of hydrogen-bond donors (Lipinski definition) is 1. The molecule has 0 amide bonds. The monoisotopic (exact) mass is 133 g/mol. The van der Waals surface area contributed by atoms with E-state index in [1.165, 1.54) is 4.20 Å². The summed E-state index contributed by atoms with van der Waals surface area (Å²) in [7, 11) is 1.16. The van der Waals surface area contributed by atoms with Gasteiger partial charge in [-0.3, -0.25) is 0 Å². The van der Waals surface area contributed by atoms with Gasteiger partial charge in [-0.15, -0.1) is 14.4 Å². The van der Waals surface area contributed by atoms with Crippen LogP contribution in [0.1, 0.15) is 0 Å². The zero-order valence-corrected chi connectivity index (χ0v) is 5.06. The van der Waals surface area contributed by atoms with Crippen LogP contribution in [-0.2, 0) is 0 Å². The molecule has 0 aromatic carbocycles. The molecule has 1 heterocycles. The summed E-state index contributed by atoms with van der Waals surface area (Å²) in [6, 6.07) is 0. The third-order valence-corrected chi connectivity index (χ3v) is 1.24. The van der Waals surface area contributed by atoms with E-state index < -0.39 is 0 Å². The number of thiol groups is 1. The second-order valence-corrected chi connectivity index (χ2v) is 1.84. The summed E-state index contributed by atoms with van der Waals surface area (Å²) in [6.45, 7) is 0. The first-order valence-electron chi connectivity index (χ1n) is 1.61. The average molecular weight is 133 g/mol. The molecule has 0 saturated heterocycles. The van der Waals surface area contributed by atoms with Crippen LogP contribution in [0.5, 0.6) is 0 Å². The molecular weight excluding hydrogens is 130 g/mol. The Morgan fingerprint density at radius 2 is 2.00 bits per heavy atom.